The standard InChI is InChI=1S/C12H10ClFN2O2S/c1-16(12-7-2-9(13)8-15-12)19(17,18)11-5-3-10(14)4-6-11/h2-8H,1H3. The first-order valence-electron chi connectivity index (χ1n) is 5.27. The zero-order valence-corrected chi connectivity index (χ0v) is 11.5. The fourth-order valence-corrected chi connectivity index (χ4v) is 2.70. The second-order valence-electron chi connectivity index (χ2n) is 3.76. The van der Waals surface area contributed by atoms with Crippen LogP contribution in [0.15, 0.2) is 47.5 Å². The largest absolute Gasteiger partial charge is 0.265 e. The molecule has 0 N–H and O–H groups in total. The highest BCUT2D eigenvalue weighted by atomic mass is 35.5. The van der Waals surface area contributed by atoms with E-state index in [-0.39, 0.29) is 10.7 Å². The van der Waals surface area contributed by atoms with E-state index in [1.54, 1.807) is 6.07 Å². The van der Waals surface area contributed by atoms with Gasteiger partial charge in [-0.05, 0) is 36.4 Å². The van der Waals surface area contributed by atoms with Gasteiger partial charge in [-0.25, -0.2) is 17.8 Å². The number of anilines is 1. The van der Waals surface area contributed by atoms with Crippen LogP contribution in [-0.4, -0.2) is 20.4 Å². The van der Waals surface area contributed by atoms with Crippen LogP contribution in [0.3, 0.4) is 0 Å². The second kappa shape index (κ2) is 5.14. The van der Waals surface area contributed by atoms with Crippen LogP contribution in [0.1, 0.15) is 0 Å². The predicted molar refractivity (Wildman–Crippen MR) is 71.2 cm³/mol. The van der Waals surface area contributed by atoms with Crippen molar-refractivity contribution in [2.45, 2.75) is 4.90 Å². The van der Waals surface area contributed by atoms with Crippen LogP contribution in [0, 0.1) is 5.82 Å². The predicted octanol–water partition coefficient (Wildman–Crippen LogP) is 2.70. The molecule has 0 aliphatic heterocycles. The Morgan fingerprint density at radius 2 is 1.79 bits per heavy atom. The SMILES string of the molecule is CN(c1ccc(Cl)cn1)S(=O)(=O)c1ccc(F)cc1. The van der Waals surface area contributed by atoms with Gasteiger partial charge in [0, 0.05) is 13.2 Å². The van der Waals surface area contributed by atoms with E-state index in [9.17, 15) is 12.8 Å². The average Bonchev–Trinajstić information content (AvgIpc) is 2.39. The Bertz CT molecular complexity index is 672. The zero-order chi connectivity index (χ0) is 14.0. The maximum atomic E-state index is 12.8. The lowest BCUT2D eigenvalue weighted by Crippen LogP contribution is -2.27. The molecule has 0 fully saturated rings. The number of nitrogens with zero attached hydrogens (tertiary/aromatic N) is 2. The summed E-state index contributed by atoms with van der Waals surface area (Å²) in [5.74, 6) is -0.264. The zero-order valence-electron chi connectivity index (χ0n) is 9.92. The van der Waals surface area contributed by atoms with Crippen molar-refractivity contribution in [3.8, 4) is 0 Å². The van der Waals surface area contributed by atoms with Gasteiger partial charge in [-0.15, -0.1) is 0 Å². The summed E-state index contributed by atoms with van der Waals surface area (Å²) < 4.78 is 38.3. The van der Waals surface area contributed by atoms with Gasteiger partial charge >= 0.3 is 0 Å². The quantitative estimate of drug-likeness (QED) is 0.875. The first kappa shape index (κ1) is 13.8. The van der Waals surface area contributed by atoms with E-state index in [2.05, 4.69) is 4.98 Å². The average molecular weight is 301 g/mol. The van der Waals surface area contributed by atoms with E-state index in [0.717, 1.165) is 16.4 Å². The van der Waals surface area contributed by atoms with Gasteiger partial charge in [0.25, 0.3) is 10.0 Å². The lowest BCUT2D eigenvalue weighted by molar-refractivity contribution is 0.592. The van der Waals surface area contributed by atoms with Gasteiger partial charge in [0.15, 0.2) is 0 Å². The van der Waals surface area contributed by atoms with Crippen LogP contribution in [0.4, 0.5) is 10.2 Å². The Morgan fingerprint density at radius 3 is 2.32 bits per heavy atom. The molecular formula is C12H10ClFN2O2S. The summed E-state index contributed by atoms with van der Waals surface area (Å²) in [5, 5.41) is 0.413. The third-order valence-corrected chi connectivity index (χ3v) is 4.51. The number of hydrogen-bond acceptors (Lipinski definition) is 3. The minimum Gasteiger partial charge on any atom is -0.253 e. The van der Waals surface area contributed by atoms with Crippen LogP contribution >= 0.6 is 11.6 Å². The van der Waals surface area contributed by atoms with E-state index < -0.39 is 15.8 Å². The number of hydrogen-bond donors (Lipinski definition) is 0. The fourth-order valence-electron chi connectivity index (χ4n) is 1.44. The van der Waals surface area contributed by atoms with Crippen molar-refractivity contribution in [3.63, 3.8) is 0 Å². The molecule has 1 heterocycles. The van der Waals surface area contributed by atoms with Crippen LogP contribution in [0.25, 0.3) is 0 Å². The van der Waals surface area contributed by atoms with Crippen molar-refractivity contribution < 1.29 is 12.8 Å². The van der Waals surface area contributed by atoms with Crippen LogP contribution in [0.2, 0.25) is 5.02 Å². The molecule has 0 unspecified atom stereocenters. The van der Waals surface area contributed by atoms with Gasteiger partial charge < -0.3 is 0 Å². The molecule has 0 aliphatic carbocycles. The van der Waals surface area contributed by atoms with E-state index in [0.29, 0.717) is 5.02 Å². The van der Waals surface area contributed by atoms with E-state index >= 15 is 0 Å². The van der Waals surface area contributed by atoms with E-state index in [1.807, 2.05) is 0 Å². The van der Waals surface area contributed by atoms with Crippen molar-refractivity contribution in [2.24, 2.45) is 0 Å². The summed E-state index contributed by atoms with van der Waals surface area (Å²) >= 11 is 5.69. The summed E-state index contributed by atoms with van der Waals surface area (Å²) in [6.45, 7) is 0. The first-order chi connectivity index (χ1) is 8.91. The van der Waals surface area contributed by atoms with Gasteiger partial charge in [0.1, 0.15) is 11.6 Å². The Labute approximate surface area is 115 Å². The molecular weight excluding hydrogens is 291 g/mol. The molecule has 4 nitrogen and oxygen atoms in total. The van der Waals surface area contributed by atoms with Crippen molar-refractivity contribution in [3.05, 3.63) is 53.4 Å². The molecule has 0 bridgehead atoms. The maximum absolute atomic E-state index is 12.8. The molecule has 0 aliphatic rings. The normalized spacial score (nSPS) is 11.3. The smallest absolute Gasteiger partial charge is 0.253 e. The van der Waals surface area contributed by atoms with Gasteiger partial charge in [0.2, 0.25) is 0 Å². The van der Waals surface area contributed by atoms with Crippen LogP contribution < -0.4 is 4.31 Å². The molecule has 100 valence electrons. The van der Waals surface area contributed by atoms with Crippen molar-refractivity contribution in [2.75, 3.05) is 11.4 Å². The second-order valence-corrected chi connectivity index (χ2v) is 6.17. The van der Waals surface area contributed by atoms with Crippen LogP contribution in [0.5, 0.6) is 0 Å². The minimum absolute atomic E-state index is 0.00634. The number of benzene rings is 1. The van der Waals surface area contributed by atoms with E-state index in [4.69, 9.17) is 11.6 Å². The molecule has 1 aromatic carbocycles. The van der Waals surface area contributed by atoms with Gasteiger partial charge in [-0.2, -0.15) is 0 Å². The maximum Gasteiger partial charge on any atom is 0.265 e. The minimum atomic E-state index is -3.76. The Hall–Kier alpha value is -1.66. The van der Waals surface area contributed by atoms with E-state index in [1.165, 1.54) is 31.4 Å². The molecule has 0 saturated heterocycles. The highest BCUT2D eigenvalue weighted by Gasteiger charge is 2.21. The summed E-state index contributed by atoms with van der Waals surface area (Å²) in [4.78, 5) is 3.92. The molecule has 0 atom stereocenters. The molecule has 19 heavy (non-hydrogen) atoms. The lowest BCUT2D eigenvalue weighted by Gasteiger charge is -2.18. The highest BCUT2D eigenvalue weighted by molar-refractivity contribution is 7.92. The Balaban J connectivity index is 2.39. The number of aromatic nitrogens is 1. The topological polar surface area (TPSA) is 50.3 Å². The third kappa shape index (κ3) is 2.85. The Morgan fingerprint density at radius 1 is 1.16 bits per heavy atom. The van der Waals surface area contributed by atoms with Crippen molar-refractivity contribution in [1.82, 2.24) is 4.98 Å². The number of sulfonamides is 1. The molecule has 1 aromatic heterocycles. The first-order valence-corrected chi connectivity index (χ1v) is 7.09. The number of halogens is 2. The number of rotatable bonds is 3. The lowest BCUT2D eigenvalue weighted by atomic mass is 10.4. The van der Waals surface area contributed by atoms with Crippen molar-refractivity contribution in [1.29, 1.82) is 0 Å². The molecule has 0 saturated carbocycles. The molecule has 2 aromatic rings. The summed E-state index contributed by atoms with van der Waals surface area (Å²) in [7, 11) is -2.39. The van der Waals surface area contributed by atoms with Gasteiger partial charge in [0.05, 0.1) is 9.92 Å². The highest BCUT2D eigenvalue weighted by Crippen LogP contribution is 2.21. The van der Waals surface area contributed by atoms with Gasteiger partial charge in [-0.3, -0.25) is 4.31 Å². The molecule has 2 rings (SSSR count). The molecule has 0 amide bonds. The van der Waals surface area contributed by atoms with Gasteiger partial charge in [-0.1, -0.05) is 11.6 Å². The number of pyridine rings is 1. The molecule has 7 heteroatoms. The monoisotopic (exact) mass is 300 g/mol. The summed E-state index contributed by atoms with van der Waals surface area (Å²) in [6, 6.07) is 7.63. The van der Waals surface area contributed by atoms with Crippen LogP contribution in [-0.2, 0) is 10.0 Å². The molecule has 0 radical (unpaired) electrons. The molecule has 0 spiro atoms. The Kier molecular flexibility index (Phi) is 3.73. The van der Waals surface area contributed by atoms with Crippen molar-refractivity contribution >= 4 is 27.4 Å². The summed E-state index contributed by atoms with van der Waals surface area (Å²) in [6.07, 6.45) is 1.35. The third-order valence-electron chi connectivity index (χ3n) is 2.51. The summed E-state index contributed by atoms with van der Waals surface area (Å²) in [5.41, 5.74) is 0. The fraction of sp³-hybridized carbons (Fsp3) is 0.0833.